The maximum Gasteiger partial charge on any atom is 0.410 e. The van der Waals surface area contributed by atoms with Gasteiger partial charge in [-0.25, -0.2) is 9.59 Å². The first-order chi connectivity index (χ1) is 17.1. The average Bonchev–Trinajstić information content (AvgIpc) is 3.35. The Morgan fingerprint density at radius 2 is 1.30 bits per heavy atom. The first-order valence-electron chi connectivity index (χ1n) is 13.3. The molecule has 3 aliphatic heterocycles. The maximum atomic E-state index is 11.9. The number of Topliss-reactive ketones (excluding diaryl/α,β-unsaturated/α-hetero) is 1. The topological polar surface area (TPSA) is 107 Å². The Morgan fingerprint density at radius 1 is 0.838 bits per heavy atom. The maximum absolute atomic E-state index is 11.9. The minimum absolute atomic E-state index is 0.0636. The number of hydrogen-bond acceptors (Lipinski definition) is 8. The molecule has 2 amide bonds. The number of carbonyl (C=O) groups excluding carboxylic acids is 3. The van der Waals surface area contributed by atoms with E-state index in [0.717, 1.165) is 25.3 Å². The van der Waals surface area contributed by atoms with Crippen LogP contribution in [0, 0.1) is 11.8 Å². The zero-order chi connectivity index (χ0) is 28.2. The highest BCUT2D eigenvalue weighted by Gasteiger charge is 2.30. The Kier molecular flexibility index (Phi) is 13.4. The zero-order valence-corrected chi connectivity index (χ0v) is 24.4. The van der Waals surface area contributed by atoms with E-state index in [1.807, 2.05) is 55.4 Å². The number of ketones is 1. The van der Waals surface area contributed by atoms with Crippen molar-refractivity contribution in [2.24, 2.45) is 17.0 Å². The number of rotatable bonds is 1. The summed E-state index contributed by atoms with van der Waals surface area (Å²) < 4.78 is 15.5. The van der Waals surface area contributed by atoms with Gasteiger partial charge in [0.2, 0.25) is 0 Å². The summed E-state index contributed by atoms with van der Waals surface area (Å²) in [7, 11) is 1.54. The van der Waals surface area contributed by atoms with Crippen LogP contribution in [0.3, 0.4) is 0 Å². The van der Waals surface area contributed by atoms with Crippen LogP contribution in [0.2, 0.25) is 0 Å². The van der Waals surface area contributed by atoms with Crippen molar-refractivity contribution < 1.29 is 33.4 Å². The molecule has 0 aromatic carbocycles. The third-order valence-electron chi connectivity index (χ3n) is 5.71. The quantitative estimate of drug-likeness (QED) is 0.447. The molecule has 2 unspecified atom stereocenters. The van der Waals surface area contributed by atoms with Crippen molar-refractivity contribution in [1.29, 1.82) is 0 Å². The van der Waals surface area contributed by atoms with Gasteiger partial charge in [0.25, 0.3) is 0 Å². The van der Waals surface area contributed by atoms with Crippen molar-refractivity contribution in [2.45, 2.75) is 92.3 Å². The predicted molar refractivity (Wildman–Crippen MR) is 143 cm³/mol. The van der Waals surface area contributed by atoms with E-state index in [1.54, 1.807) is 16.9 Å². The molecule has 0 aromatic heterocycles. The molecule has 3 saturated heterocycles. The van der Waals surface area contributed by atoms with E-state index in [0.29, 0.717) is 32.6 Å². The molecule has 37 heavy (non-hydrogen) atoms. The number of oxime groups is 1. The zero-order valence-electron chi connectivity index (χ0n) is 24.4. The summed E-state index contributed by atoms with van der Waals surface area (Å²) in [5, 5.41) is 3.97. The summed E-state index contributed by atoms with van der Waals surface area (Å²) in [6.45, 7) is 19.2. The summed E-state index contributed by atoms with van der Waals surface area (Å²) in [5.74, 6) is 0.386. The van der Waals surface area contributed by atoms with Crippen molar-refractivity contribution >= 4 is 23.7 Å². The van der Waals surface area contributed by atoms with Gasteiger partial charge >= 0.3 is 12.2 Å². The van der Waals surface area contributed by atoms with Crippen LogP contribution in [0.25, 0.3) is 0 Å². The van der Waals surface area contributed by atoms with E-state index in [-0.39, 0.29) is 29.8 Å². The fourth-order valence-electron chi connectivity index (χ4n) is 3.79. The van der Waals surface area contributed by atoms with Gasteiger partial charge in [0, 0.05) is 64.1 Å². The van der Waals surface area contributed by atoms with Gasteiger partial charge in [-0.05, 0) is 54.4 Å². The molecule has 0 aromatic rings. The van der Waals surface area contributed by atoms with Gasteiger partial charge in [-0.2, -0.15) is 0 Å². The second-order valence-corrected chi connectivity index (χ2v) is 11.7. The molecule has 0 bridgehead atoms. The lowest BCUT2D eigenvalue weighted by molar-refractivity contribution is -0.125. The number of piperidine rings is 2. The van der Waals surface area contributed by atoms with Gasteiger partial charge in [-0.3, -0.25) is 4.79 Å². The second kappa shape index (κ2) is 15.1. The van der Waals surface area contributed by atoms with Gasteiger partial charge in [0.05, 0.1) is 5.71 Å². The number of nitrogens with zero attached hydrogens (tertiary/aromatic N) is 3. The molecule has 2 atom stereocenters. The van der Waals surface area contributed by atoms with E-state index in [4.69, 9.17) is 19.0 Å². The molecule has 214 valence electrons. The summed E-state index contributed by atoms with van der Waals surface area (Å²) in [6, 6.07) is 0. The molecule has 3 heterocycles. The molecule has 3 rings (SSSR count). The lowest BCUT2D eigenvalue weighted by Gasteiger charge is -2.33. The average molecular weight is 528 g/mol. The van der Waals surface area contributed by atoms with Gasteiger partial charge < -0.3 is 28.8 Å². The van der Waals surface area contributed by atoms with Crippen LogP contribution in [0.1, 0.15) is 81.1 Å². The highest BCUT2D eigenvalue weighted by atomic mass is 16.6. The fraction of sp³-hybridized carbons (Fsp3) is 0.852. The van der Waals surface area contributed by atoms with Crippen molar-refractivity contribution in [3.8, 4) is 0 Å². The van der Waals surface area contributed by atoms with Crippen molar-refractivity contribution in [3.63, 3.8) is 0 Å². The van der Waals surface area contributed by atoms with E-state index < -0.39 is 11.2 Å². The second-order valence-electron chi connectivity index (χ2n) is 11.7. The molecule has 0 aliphatic carbocycles. The highest BCUT2D eigenvalue weighted by Crippen LogP contribution is 2.18. The Morgan fingerprint density at radius 3 is 1.65 bits per heavy atom. The molecule has 0 saturated carbocycles. The smallest absolute Gasteiger partial charge is 0.410 e. The SMILES string of the molecule is C1CCOC1.CC1CN(C(=O)OC(C)(C)C)CCC1=O.CO/N=C1\CCN(C(=O)OC(C)(C)C)CC1C. The lowest BCUT2D eigenvalue weighted by atomic mass is 9.98. The Balaban J connectivity index is 0.000000312. The van der Waals surface area contributed by atoms with Crippen molar-refractivity contribution in [3.05, 3.63) is 0 Å². The number of amides is 2. The first kappa shape index (κ1) is 32.7. The Labute approximate surface area is 223 Å². The largest absolute Gasteiger partial charge is 0.444 e. The van der Waals surface area contributed by atoms with Crippen molar-refractivity contribution in [2.75, 3.05) is 46.5 Å². The number of hydrogen-bond donors (Lipinski definition) is 0. The summed E-state index contributed by atoms with van der Waals surface area (Å²) >= 11 is 0. The molecule has 10 nitrogen and oxygen atoms in total. The molecule has 10 heteroatoms. The summed E-state index contributed by atoms with van der Waals surface area (Å²) in [4.78, 5) is 42.9. The Hall–Kier alpha value is -2.36. The molecule has 0 spiro atoms. The van der Waals surface area contributed by atoms with Gasteiger partial charge in [0.15, 0.2) is 0 Å². The lowest BCUT2D eigenvalue weighted by Crippen LogP contribution is -2.45. The van der Waals surface area contributed by atoms with Crippen LogP contribution >= 0.6 is 0 Å². The van der Waals surface area contributed by atoms with Crippen LogP contribution < -0.4 is 0 Å². The summed E-state index contributed by atoms with van der Waals surface area (Å²) in [5.41, 5.74) is 0.0931. The van der Waals surface area contributed by atoms with Crippen LogP contribution in [0.4, 0.5) is 9.59 Å². The number of ether oxygens (including phenoxy) is 3. The van der Waals surface area contributed by atoms with Gasteiger partial charge in [0.1, 0.15) is 24.1 Å². The number of carbonyl (C=O) groups is 3. The van der Waals surface area contributed by atoms with E-state index >= 15 is 0 Å². The molecule has 0 N–H and O–H groups in total. The van der Waals surface area contributed by atoms with Crippen molar-refractivity contribution in [1.82, 2.24) is 9.80 Å². The van der Waals surface area contributed by atoms with E-state index in [2.05, 4.69) is 5.16 Å². The third kappa shape index (κ3) is 13.7. The highest BCUT2D eigenvalue weighted by molar-refractivity contribution is 5.88. The van der Waals surface area contributed by atoms with Crippen LogP contribution in [0.15, 0.2) is 5.16 Å². The van der Waals surface area contributed by atoms with Crippen LogP contribution in [-0.2, 0) is 23.8 Å². The molecular formula is C27H49N3O7. The normalized spacial score (nSPS) is 23.4. The fourth-order valence-corrected chi connectivity index (χ4v) is 3.79. The summed E-state index contributed by atoms with van der Waals surface area (Å²) in [6.07, 6.45) is 3.18. The molecule has 3 fully saturated rings. The first-order valence-corrected chi connectivity index (χ1v) is 13.3. The van der Waals surface area contributed by atoms with E-state index in [9.17, 15) is 14.4 Å². The van der Waals surface area contributed by atoms with Gasteiger partial charge in [-0.15, -0.1) is 0 Å². The minimum atomic E-state index is -0.470. The van der Waals surface area contributed by atoms with E-state index in [1.165, 1.54) is 12.8 Å². The molecular weight excluding hydrogens is 478 g/mol. The third-order valence-corrected chi connectivity index (χ3v) is 5.71. The molecule has 0 radical (unpaired) electrons. The molecule has 3 aliphatic rings. The monoisotopic (exact) mass is 527 g/mol. The van der Waals surface area contributed by atoms with Crippen LogP contribution in [0.5, 0.6) is 0 Å². The van der Waals surface area contributed by atoms with Gasteiger partial charge in [-0.1, -0.05) is 19.0 Å². The minimum Gasteiger partial charge on any atom is -0.444 e. The standard InChI is InChI=1S/C12H22N2O3.C11H19NO3.C4H8O/c1-9-8-14(7-6-10(9)13-16-5)11(15)17-12(2,3)4;1-8-7-12(6-5-9(8)13)10(14)15-11(2,3)4;1-2-4-5-3-1/h9H,6-8H2,1-5H3;8H,5-7H2,1-4H3;1-4H2/b13-10+;;. The number of likely N-dealkylation sites (tertiary alicyclic amines) is 2. The predicted octanol–water partition coefficient (Wildman–Crippen LogP) is 4.89. The van der Waals surface area contributed by atoms with Crippen LogP contribution in [-0.4, -0.2) is 91.2 Å². The Bertz CT molecular complexity index is 759.